The Morgan fingerprint density at radius 2 is 1.88 bits per heavy atom. The molecule has 0 saturated heterocycles. The van der Waals surface area contributed by atoms with Crippen LogP contribution >= 0.6 is 15.9 Å². The van der Waals surface area contributed by atoms with Gasteiger partial charge in [-0.3, -0.25) is 9.59 Å². The molecule has 1 spiro atoms. The molecule has 2 saturated carbocycles. The Labute approximate surface area is 144 Å². The molecule has 1 aromatic carbocycles. The first kappa shape index (κ1) is 15.7. The average Bonchev–Trinajstić information content (AvgIpc) is 3.16. The standard InChI is InChI=1S/C17H14BrF2NO3/c18-9-6-10(19)8(5-11(9)20)17(15(21)24)12-2-1-7(13(17)14(22)23)16(12)3-4-16/h1-2,5-7,12-13H,3-4H2,(H2,21,24)(H,22,23)/t7-,12+,13+,17-/m1/s1. The lowest BCUT2D eigenvalue weighted by Crippen LogP contribution is -2.53. The molecule has 4 atom stereocenters. The van der Waals surface area contributed by atoms with Crippen molar-refractivity contribution in [1.29, 1.82) is 0 Å². The zero-order valence-electron chi connectivity index (χ0n) is 12.4. The van der Waals surface area contributed by atoms with Gasteiger partial charge in [0.15, 0.2) is 0 Å². The molecule has 0 radical (unpaired) electrons. The van der Waals surface area contributed by atoms with E-state index in [9.17, 15) is 23.5 Å². The molecule has 1 amide bonds. The van der Waals surface area contributed by atoms with Crippen LogP contribution in [0, 0.1) is 34.8 Å². The van der Waals surface area contributed by atoms with Crippen LogP contribution in [0.15, 0.2) is 28.8 Å². The first-order valence-corrected chi connectivity index (χ1v) is 8.42. The van der Waals surface area contributed by atoms with Crippen molar-refractivity contribution in [3.05, 3.63) is 46.0 Å². The van der Waals surface area contributed by atoms with Gasteiger partial charge in [0, 0.05) is 11.5 Å². The van der Waals surface area contributed by atoms with Gasteiger partial charge in [0.25, 0.3) is 0 Å². The Morgan fingerprint density at radius 3 is 2.42 bits per heavy atom. The summed E-state index contributed by atoms with van der Waals surface area (Å²) in [5, 5.41) is 9.79. The zero-order valence-corrected chi connectivity index (χ0v) is 14.0. The lowest BCUT2D eigenvalue weighted by Gasteiger charge is -2.38. The summed E-state index contributed by atoms with van der Waals surface area (Å²) in [5.41, 5.74) is 3.25. The van der Waals surface area contributed by atoms with Crippen molar-refractivity contribution in [2.24, 2.45) is 28.9 Å². The first-order valence-electron chi connectivity index (χ1n) is 7.63. The normalized spacial score (nSPS) is 34.7. The van der Waals surface area contributed by atoms with Gasteiger partial charge in [-0.15, -0.1) is 0 Å². The van der Waals surface area contributed by atoms with E-state index in [2.05, 4.69) is 15.9 Å². The minimum atomic E-state index is -1.77. The van der Waals surface area contributed by atoms with Gasteiger partial charge < -0.3 is 10.8 Å². The first-order chi connectivity index (χ1) is 11.3. The maximum atomic E-state index is 14.7. The molecule has 3 N–H and O–H groups in total. The molecule has 0 heterocycles. The smallest absolute Gasteiger partial charge is 0.308 e. The third kappa shape index (κ3) is 1.61. The van der Waals surface area contributed by atoms with E-state index in [1.165, 1.54) is 0 Å². The fraction of sp³-hybridized carbons (Fsp3) is 0.412. The molecule has 7 heteroatoms. The van der Waals surface area contributed by atoms with Crippen LogP contribution in [-0.2, 0) is 15.0 Å². The second-order valence-corrected chi connectivity index (χ2v) is 7.77. The number of halogens is 3. The number of carbonyl (C=O) groups is 2. The molecule has 4 rings (SSSR count). The van der Waals surface area contributed by atoms with Crippen molar-refractivity contribution in [3.63, 3.8) is 0 Å². The van der Waals surface area contributed by atoms with Gasteiger partial charge in [-0.2, -0.15) is 0 Å². The number of amides is 1. The van der Waals surface area contributed by atoms with Crippen LogP contribution in [0.2, 0.25) is 0 Å². The monoisotopic (exact) mass is 397 g/mol. The summed E-state index contributed by atoms with van der Waals surface area (Å²) in [6.07, 6.45) is 5.08. The highest BCUT2D eigenvalue weighted by Crippen LogP contribution is 2.76. The molecule has 2 fully saturated rings. The lowest BCUT2D eigenvalue weighted by molar-refractivity contribution is -0.149. The number of carboxylic acids is 1. The predicted molar refractivity (Wildman–Crippen MR) is 83.8 cm³/mol. The number of carbonyl (C=O) groups excluding carboxylic acids is 1. The van der Waals surface area contributed by atoms with Crippen molar-refractivity contribution >= 4 is 27.8 Å². The number of aliphatic carboxylic acids is 1. The molecule has 1 aromatic rings. The van der Waals surface area contributed by atoms with Crippen LogP contribution in [-0.4, -0.2) is 17.0 Å². The number of allylic oxidation sites excluding steroid dienone is 2. The fourth-order valence-corrected chi connectivity index (χ4v) is 5.41. The van der Waals surface area contributed by atoms with Gasteiger partial charge >= 0.3 is 5.97 Å². The minimum absolute atomic E-state index is 0.0879. The number of benzene rings is 1. The molecule has 24 heavy (non-hydrogen) atoms. The maximum absolute atomic E-state index is 14.7. The second-order valence-electron chi connectivity index (χ2n) is 6.92. The second kappa shape index (κ2) is 4.65. The third-order valence-corrected chi connectivity index (χ3v) is 6.70. The summed E-state index contributed by atoms with van der Waals surface area (Å²) in [4.78, 5) is 24.5. The number of primary amides is 1. The van der Waals surface area contributed by atoms with Crippen LogP contribution < -0.4 is 5.73 Å². The Morgan fingerprint density at radius 1 is 1.21 bits per heavy atom. The van der Waals surface area contributed by atoms with Crippen LogP contribution in [0.3, 0.4) is 0 Å². The van der Waals surface area contributed by atoms with Gasteiger partial charge in [0.2, 0.25) is 5.91 Å². The molecule has 2 bridgehead atoms. The van der Waals surface area contributed by atoms with Crippen molar-refractivity contribution in [3.8, 4) is 0 Å². The van der Waals surface area contributed by atoms with E-state index < -0.39 is 46.7 Å². The number of hydrogen-bond donors (Lipinski definition) is 2. The Balaban J connectivity index is 2.04. The Kier molecular flexibility index (Phi) is 3.05. The summed E-state index contributed by atoms with van der Waals surface area (Å²) in [6, 6.07) is 1.83. The van der Waals surface area contributed by atoms with E-state index in [0.29, 0.717) is 0 Å². The fourth-order valence-electron chi connectivity index (χ4n) is 5.10. The number of hydrogen-bond acceptors (Lipinski definition) is 2. The molecule has 0 unspecified atom stereocenters. The molecule has 3 aliphatic rings. The van der Waals surface area contributed by atoms with Gasteiger partial charge in [-0.1, -0.05) is 12.2 Å². The summed E-state index contributed by atoms with van der Waals surface area (Å²) >= 11 is 2.90. The van der Waals surface area contributed by atoms with E-state index in [1.54, 1.807) is 12.2 Å². The molecule has 4 nitrogen and oxygen atoms in total. The maximum Gasteiger partial charge on any atom is 0.308 e. The predicted octanol–water partition coefficient (Wildman–Crippen LogP) is 2.75. The summed E-state index contributed by atoms with van der Waals surface area (Å²) in [6.45, 7) is 0. The highest BCUT2D eigenvalue weighted by molar-refractivity contribution is 9.10. The van der Waals surface area contributed by atoms with E-state index in [-0.39, 0.29) is 15.5 Å². The quantitative estimate of drug-likeness (QED) is 0.607. The summed E-state index contributed by atoms with van der Waals surface area (Å²) < 4.78 is 28.7. The third-order valence-electron chi connectivity index (χ3n) is 6.09. The van der Waals surface area contributed by atoms with Crippen molar-refractivity contribution < 1.29 is 23.5 Å². The van der Waals surface area contributed by atoms with Gasteiger partial charge in [0.05, 0.1) is 15.8 Å². The van der Waals surface area contributed by atoms with Crippen LogP contribution in [0.25, 0.3) is 0 Å². The van der Waals surface area contributed by atoms with Crippen molar-refractivity contribution in [2.75, 3.05) is 0 Å². The average molecular weight is 398 g/mol. The van der Waals surface area contributed by atoms with E-state index in [4.69, 9.17) is 5.73 Å². The molecule has 0 aliphatic heterocycles. The number of nitrogens with two attached hydrogens (primary N) is 1. The Bertz CT molecular complexity index is 820. The highest BCUT2D eigenvalue weighted by Gasteiger charge is 2.77. The highest BCUT2D eigenvalue weighted by atomic mass is 79.9. The van der Waals surface area contributed by atoms with Crippen LogP contribution in [0.4, 0.5) is 8.78 Å². The van der Waals surface area contributed by atoms with Crippen LogP contribution in [0.1, 0.15) is 18.4 Å². The lowest BCUT2D eigenvalue weighted by atomic mass is 9.63. The zero-order chi connectivity index (χ0) is 17.4. The summed E-state index contributed by atoms with van der Waals surface area (Å²) in [5.74, 6) is -5.82. The number of rotatable bonds is 3. The molecule has 0 aromatic heterocycles. The van der Waals surface area contributed by atoms with Crippen LogP contribution in [0.5, 0.6) is 0 Å². The topological polar surface area (TPSA) is 80.4 Å². The molecular weight excluding hydrogens is 384 g/mol. The van der Waals surface area contributed by atoms with Gasteiger partial charge in [-0.05, 0) is 52.2 Å². The summed E-state index contributed by atoms with van der Waals surface area (Å²) in [7, 11) is 0. The molecule has 126 valence electrons. The number of carboxylic acid groups (broad SMARTS) is 1. The van der Waals surface area contributed by atoms with Crippen molar-refractivity contribution in [1.82, 2.24) is 0 Å². The SMILES string of the molecule is NC(=O)[C@@]1(c2cc(F)c(Br)cc2F)[C@H](C(=O)O)[C@H]2C=C[C@H]1C21CC1. The molecular formula is C17H14BrF2NO3. The molecule has 3 aliphatic carbocycles. The largest absolute Gasteiger partial charge is 0.481 e. The van der Waals surface area contributed by atoms with E-state index in [0.717, 1.165) is 25.0 Å². The van der Waals surface area contributed by atoms with Crippen molar-refractivity contribution in [2.45, 2.75) is 18.3 Å². The minimum Gasteiger partial charge on any atom is -0.481 e. The van der Waals surface area contributed by atoms with E-state index in [1.807, 2.05) is 0 Å². The van der Waals surface area contributed by atoms with E-state index >= 15 is 0 Å². The Hall–Kier alpha value is -1.76. The van der Waals surface area contributed by atoms with Gasteiger partial charge in [-0.25, -0.2) is 8.78 Å². The van der Waals surface area contributed by atoms with Gasteiger partial charge in [0.1, 0.15) is 11.6 Å².